The molecule has 0 bridgehead atoms. The van der Waals surface area contributed by atoms with Crippen molar-refractivity contribution in [3.63, 3.8) is 0 Å². The minimum atomic E-state index is -1.07. The van der Waals surface area contributed by atoms with Gasteiger partial charge in [0.25, 0.3) is 5.91 Å². The minimum absolute atomic E-state index is 0.0708. The largest absolute Gasteiger partial charge is 0.489 e. The van der Waals surface area contributed by atoms with Crippen molar-refractivity contribution in [3.05, 3.63) is 23.8 Å². The first-order valence-corrected chi connectivity index (χ1v) is 6.22. The summed E-state index contributed by atoms with van der Waals surface area (Å²) >= 11 is 0. The third kappa shape index (κ3) is 4.24. The summed E-state index contributed by atoms with van der Waals surface area (Å²) in [6.07, 6.45) is -0.739. The van der Waals surface area contributed by atoms with Gasteiger partial charge in [-0.1, -0.05) is 0 Å². The van der Waals surface area contributed by atoms with Gasteiger partial charge in [-0.05, 0) is 39.0 Å². The first-order valence-electron chi connectivity index (χ1n) is 6.22. The number of aromatic carboxylic acids is 1. The fourth-order valence-corrected chi connectivity index (χ4v) is 1.46. The van der Waals surface area contributed by atoms with E-state index in [0.717, 1.165) is 0 Å². The monoisotopic (exact) mass is 281 g/mol. The van der Waals surface area contributed by atoms with Gasteiger partial charge < -0.3 is 19.9 Å². The van der Waals surface area contributed by atoms with Crippen LogP contribution in [0.25, 0.3) is 0 Å². The average molecular weight is 281 g/mol. The highest BCUT2D eigenvalue weighted by Crippen LogP contribution is 2.27. The molecule has 0 aliphatic carbocycles. The Bertz CT molecular complexity index is 498. The van der Waals surface area contributed by atoms with Crippen LogP contribution in [-0.2, 0) is 9.53 Å². The lowest BCUT2D eigenvalue weighted by Gasteiger charge is -2.17. The van der Waals surface area contributed by atoms with Crippen LogP contribution in [0.3, 0.4) is 0 Å². The second-order valence-electron chi connectivity index (χ2n) is 4.55. The standard InChI is InChI=1S/C14H19NO5/c1-8(2)20-12-6-5-10(14(17)18)7-11(12)15-13(16)9(3)19-4/h5-9H,1-4H3,(H,15,16)(H,17,18). The minimum Gasteiger partial charge on any atom is -0.489 e. The smallest absolute Gasteiger partial charge is 0.335 e. The molecule has 0 saturated heterocycles. The lowest BCUT2D eigenvalue weighted by atomic mass is 10.1. The van der Waals surface area contributed by atoms with Crippen LogP contribution in [0, 0.1) is 0 Å². The molecule has 0 heterocycles. The Morgan fingerprint density at radius 2 is 1.90 bits per heavy atom. The molecule has 20 heavy (non-hydrogen) atoms. The second-order valence-corrected chi connectivity index (χ2v) is 4.55. The Kier molecular flexibility index (Phi) is 5.52. The number of benzene rings is 1. The molecule has 0 spiro atoms. The van der Waals surface area contributed by atoms with Gasteiger partial charge in [-0.25, -0.2) is 4.79 Å². The van der Waals surface area contributed by atoms with E-state index < -0.39 is 12.1 Å². The summed E-state index contributed by atoms with van der Waals surface area (Å²) in [6, 6.07) is 4.31. The third-order valence-electron chi connectivity index (χ3n) is 2.57. The van der Waals surface area contributed by atoms with Crippen LogP contribution in [0.2, 0.25) is 0 Å². The van der Waals surface area contributed by atoms with Gasteiger partial charge in [0, 0.05) is 7.11 Å². The maximum Gasteiger partial charge on any atom is 0.335 e. The Morgan fingerprint density at radius 1 is 1.25 bits per heavy atom. The Balaban J connectivity index is 3.07. The molecule has 0 aliphatic heterocycles. The zero-order valence-electron chi connectivity index (χ0n) is 12.0. The highest BCUT2D eigenvalue weighted by Gasteiger charge is 2.16. The van der Waals surface area contributed by atoms with Gasteiger partial charge in [0.2, 0.25) is 0 Å². The Hall–Kier alpha value is -2.08. The number of rotatable bonds is 6. The molecule has 0 aliphatic rings. The normalized spacial score (nSPS) is 12.1. The van der Waals surface area contributed by atoms with Crippen LogP contribution in [0.1, 0.15) is 31.1 Å². The van der Waals surface area contributed by atoms with E-state index in [1.54, 1.807) is 6.92 Å². The van der Waals surface area contributed by atoms with Gasteiger partial charge in [-0.2, -0.15) is 0 Å². The van der Waals surface area contributed by atoms with Gasteiger partial charge in [-0.3, -0.25) is 4.79 Å². The van der Waals surface area contributed by atoms with Crippen molar-refractivity contribution in [1.29, 1.82) is 0 Å². The zero-order chi connectivity index (χ0) is 15.3. The van der Waals surface area contributed by atoms with E-state index in [0.29, 0.717) is 11.4 Å². The summed E-state index contributed by atoms with van der Waals surface area (Å²) in [5, 5.41) is 11.6. The summed E-state index contributed by atoms with van der Waals surface area (Å²) in [7, 11) is 1.42. The summed E-state index contributed by atoms with van der Waals surface area (Å²) in [5.74, 6) is -1.03. The van der Waals surface area contributed by atoms with E-state index in [-0.39, 0.29) is 17.6 Å². The molecule has 1 rings (SSSR count). The fraction of sp³-hybridized carbons (Fsp3) is 0.429. The number of carboxylic acid groups (broad SMARTS) is 1. The molecule has 2 N–H and O–H groups in total. The summed E-state index contributed by atoms with van der Waals surface area (Å²) < 4.78 is 10.5. The quantitative estimate of drug-likeness (QED) is 0.834. The van der Waals surface area contributed by atoms with Crippen LogP contribution in [-0.4, -0.2) is 36.3 Å². The molecule has 6 nitrogen and oxygen atoms in total. The summed E-state index contributed by atoms with van der Waals surface area (Å²) in [5.41, 5.74) is 0.383. The van der Waals surface area contributed by atoms with Crippen LogP contribution in [0.4, 0.5) is 5.69 Å². The maximum atomic E-state index is 11.8. The molecule has 1 aromatic carbocycles. The van der Waals surface area contributed by atoms with Crippen LogP contribution in [0.5, 0.6) is 5.75 Å². The van der Waals surface area contributed by atoms with Crippen molar-refractivity contribution >= 4 is 17.6 Å². The van der Waals surface area contributed by atoms with E-state index in [1.165, 1.54) is 25.3 Å². The van der Waals surface area contributed by atoms with Gasteiger partial charge in [0.05, 0.1) is 17.4 Å². The van der Waals surface area contributed by atoms with Crippen molar-refractivity contribution < 1.29 is 24.2 Å². The summed E-state index contributed by atoms with van der Waals surface area (Å²) in [4.78, 5) is 22.8. The number of ether oxygens (including phenoxy) is 2. The molecule has 1 unspecified atom stereocenters. The lowest BCUT2D eigenvalue weighted by molar-refractivity contribution is -0.124. The molecule has 0 radical (unpaired) electrons. The van der Waals surface area contributed by atoms with E-state index in [2.05, 4.69) is 5.32 Å². The zero-order valence-corrected chi connectivity index (χ0v) is 12.0. The number of hydrogen-bond acceptors (Lipinski definition) is 4. The Labute approximate surface area is 117 Å². The molecule has 0 saturated carbocycles. The first kappa shape index (κ1) is 16.0. The van der Waals surface area contributed by atoms with E-state index in [4.69, 9.17) is 14.6 Å². The molecular formula is C14H19NO5. The number of carbonyl (C=O) groups is 2. The predicted octanol–water partition coefficient (Wildman–Crippen LogP) is 2.15. The number of methoxy groups -OCH3 is 1. The number of carbonyl (C=O) groups excluding carboxylic acids is 1. The maximum absolute atomic E-state index is 11.8. The summed E-state index contributed by atoms with van der Waals surface area (Å²) in [6.45, 7) is 5.28. The molecule has 0 fully saturated rings. The highest BCUT2D eigenvalue weighted by molar-refractivity contribution is 5.97. The number of anilines is 1. The van der Waals surface area contributed by atoms with Crippen molar-refractivity contribution in [3.8, 4) is 5.75 Å². The fourth-order valence-electron chi connectivity index (χ4n) is 1.46. The number of hydrogen-bond donors (Lipinski definition) is 2. The van der Waals surface area contributed by atoms with Crippen LogP contribution in [0.15, 0.2) is 18.2 Å². The SMILES string of the molecule is COC(C)C(=O)Nc1cc(C(=O)O)ccc1OC(C)C. The Morgan fingerprint density at radius 3 is 2.40 bits per heavy atom. The number of amides is 1. The molecule has 6 heteroatoms. The second kappa shape index (κ2) is 6.91. The van der Waals surface area contributed by atoms with Crippen molar-refractivity contribution in [2.24, 2.45) is 0 Å². The number of nitrogens with one attached hydrogen (secondary N) is 1. The molecule has 1 amide bonds. The van der Waals surface area contributed by atoms with E-state index in [9.17, 15) is 9.59 Å². The third-order valence-corrected chi connectivity index (χ3v) is 2.57. The van der Waals surface area contributed by atoms with Crippen molar-refractivity contribution in [1.82, 2.24) is 0 Å². The van der Waals surface area contributed by atoms with E-state index >= 15 is 0 Å². The molecule has 1 atom stereocenters. The van der Waals surface area contributed by atoms with E-state index in [1.807, 2.05) is 13.8 Å². The van der Waals surface area contributed by atoms with Crippen molar-refractivity contribution in [2.45, 2.75) is 33.0 Å². The van der Waals surface area contributed by atoms with Gasteiger partial charge in [0.15, 0.2) is 0 Å². The van der Waals surface area contributed by atoms with Gasteiger partial charge in [-0.15, -0.1) is 0 Å². The van der Waals surface area contributed by atoms with Gasteiger partial charge >= 0.3 is 5.97 Å². The highest BCUT2D eigenvalue weighted by atomic mass is 16.5. The van der Waals surface area contributed by atoms with Crippen molar-refractivity contribution in [2.75, 3.05) is 12.4 Å². The van der Waals surface area contributed by atoms with Gasteiger partial charge in [0.1, 0.15) is 11.9 Å². The topological polar surface area (TPSA) is 84.9 Å². The molecule has 1 aromatic rings. The average Bonchev–Trinajstić information content (AvgIpc) is 2.38. The number of carboxylic acids is 1. The first-order chi connectivity index (χ1) is 9.35. The van der Waals surface area contributed by atoms with Crippen LogP contribution < -0.4 is 10.1 Å². The predicted molar refractivity (Wildman–Crippen MR) is 74.3 cm³/mol. The van der Waals surface area contributed by atoms with Crippen LogP contribution >= 0.6 is 0 Å². The molecule has 110 valence electrons. The molecular weight excluding hydrogens is 262 g/mol. The molecule has 0 aromatic heterocycles. The lowest BCUT2D eigenvalue weighted by Crippen LogP contribution is -2.27.